The molecule has 0 spiro atoms. The molecule has 1 fully saturated rings. The summed E-state index contributed by atoms with van der Waals surface area (Å²) in [5.74, 6) is 0.233. The molecule has 0 radical (unpaired) electrons. The molecule has 1 aromatic carbocycles. The minimum absolute atomic E-state index is 0.458. The van der Waals surface area contributed by atoms with Crippen LogP contribution in [0.15, 0.2) is 24.3 Å². The van der Waals surface area contributed by atoms with E-state index in [1.54, 1.807) is 26.1 Å². The smallest absolute Gasteiger partial charge is 0.119 e. The lowest BCUT2D eigenvalue weighted by atomic mass is 9.71. The highest BCUT2D eigenvalue weighted by Gasteiger charge is 2.40. The Labute approximate surface area is 119 Å². The Balaban J connectivity index is 2.44. The predicted octanol–water partition coefficient (Wildman–Crippen LogP) is 2.63. The van der Waals surface area contributed by atoms with Gasteiger partial charge in [0.05, 0.1) is 12.7 Å². The van der Waals surface area contributed by atoms with Gasteiger partial charge < -0.3 is 14.7 Å². The van der Waals surface area contributed by atoms with Gasteiger partial charge in [0.1, 0.15) is 5.75 Å². The fourth-order valence-electron chi connectivity index (χ4n) is 2.88. The third-order valence-corrected chi connectivity index (χ3v) is 3.86. The van der Waals surface area contributed by atoms with Gasteiger partial charge in [-0.1, -0.05) is 25.0 Å². The van der Waals surface area contributed by atoms with Crippen LogP contribution in [0, 0.1) is 5.92 Å². The van der Waals surface area contributed by atoms with Crippen LogP contribution in [-0.4, -0.2) is 37.7 Å². The Morgan fingerprint density at radius 1 is 1.47 bits per heavy atom. The van der Waals surface area contributed by atoms with Crippen LogP contribution in [0.5, 0.6) is 5.75 Å². The lowest BCUT2D eigenvalue weighted by Crippen LogP contribution is -2.43. The first-order valence-corrected chi connectivity index (χ1v) is 6.86. The van der Waals surface area contributed by atoms with E-state index in [0.29, 0.717) is 18.6 Å². The van der Waals surface area contributed by atoms with Crippen LogP contribution in [0.1, 0.15) is 34.0 Å². The van der Waals surface area contributed by atoms with Gasteiger partial charge in [-0.15, -0.1) is 0 Å². The second kappa shape index (κ2) is 5.93. The lowest BCUT2D eigenvalue weighted by molar-refractivity contribution is -0.0619. The summed E-state index contributed by atoms with van der Waals surface area (Å²) < 4.78 is 22.0. The maximum Gasteiger partial charge on any atom is 0.119 e. The van der Waals surface area contributed by atoms with Crippen molar-refractivity contribution in [2.45, 2.75) is 31.3 Å². The molecule has 1 aliphatic carbocycles. The highest BCUT2D eigenvalue weighted by Crippen LogP contribution is 2.42. The Hall–Kier alpha value is -1.06. The maximum absolute atomic E-state index is 11.3. The van der Waals surface area contributed by atoms with Gasteiger partial charge >= 0.3 is 0 Å². The quantitative estimate of drug-likeness (QED) is 0.908. The third kappa shape index (κ3) is 3.10. The van der Waals surface area contributed by atoms with E-state index >= 15 is 0 Å². The predicted molar refractivity (Wildman–Crippen MR) is 77.4 cm³/mol. The van der Waals surface area contributed by atoms with Gasteiger partial charge in [0.2, 0.25) is 0 Å². The molecule has 0 saturated heterocycles. The standard InChI is InChI=1S/C16H25NO2/c1-17(2)12-14-7-4-5-10-16(14,18)13-8-6-9-15(11-13)19-3/h6,8-9,11,14,18H,4-5,7,10,12H2,1-3H3/t14-,16+/m1/s1/i12D2. The number of ether oxygens (including phenoxy) is 1. The van der Waals surface area contributed by atoms with Crippen molar-refractivity contribution < 1.29 is 12.6 Å². The minimum atomic E-state index is -1.56. The van der Waals surface area contributed by atoms with Gasteiger partial charge in [0.25, 0.3) is 0 Å². The summed E-state index contributed by atoms with van der Waals surface area (Å²) in [5, 5.41) is 11.3. The van der Waals surface area contributed by atoms with Gasteiger partial charge in [-0.05, 0) is 44.6 Å². The van der Waals surface area contributed by atoms with Crippen molar-refractivity contribution in [2.24, 2.45) is 5.92 Å². The first-order chi connectivity index (χ1) is 9.82. The molecule has 0 heterocycles. The molecular formula is C16H25NO2. The van der Waals surface area contributed by atoms with E-state index in [1.165, 1.54) is 0 Å². The minimum Gasteiger partial charge on any atom is -0.497 e. The van der Waals surface area contributed by atoms with E-state index in [2.05, 4.69) is 0 Å². The van der Waals surface area contributed by atoms with Crippen LogP contribution in [0.3, 0.4) is 0 Å². The SMILES string of the molecule is [2H]C([2H])([C@H]1CCCC[C@]1(O)c1cccc(OC)c1)N(C)C. The topological polar surface area (TPSA) is 32.7 Å². The van der Waals surface area contributed by atoms with Crippen LogP contribution in [0.25, 0.3) is 0 Å². The van der Waals surface area contributed by atoms with E-state index in [1.807, 2.05) is 24.3 Å². The number of benzene rings is 1. The van der Waals surface area contributed by atoms with Crippen LogP contribution >= 0.6 is 0 Å². The molecule has 19 heavy (non-hydrogen) atoms. The fourth-order valence-corrected chi connectivity index (χ4v) is 2.88. The monoisotopic (exact) mass is 265 g/mol. The number of methoxy groups -OCH3 is 1. The zero-order chi connectivity index (χ0) is 15.7. The van der Waals surface area contributed by atoms with E-state index in [9.17, 15) is 5.11 Å². The van der Waals surface area contributed by atoms with Crippen LogP contribution in [-0.2, 0) is 5.60 Å². The van der Waals surface area contributed by atoms with Gasteiger partial charge in [-0.3, -0.25) is 0 Å². The van der Waals surface area contributed by atoms with E-state index in [0.717, 1.165) is 18.4 Å². The van der Waals surface area contributed by atoms with E-state index < -0.39 is 18.0 Å². The van der Waals surface area contributed by atoms with E-state index in [4.69, 9.17) is 7.48 Å². The molecular weight excluding hydrogens is 238 g/mol. The second-order valence-corrected chi connectivity index (χ2v) is 5.48. The van der Waals surface area contributed by atoms with Crippen molar-refractivity contribution in [3.05, 3.63) is 29.8 Å². The summed E-state index contributed by atoms with van der Waals surface area (Å²) in [6.45, 7) is -1.56. The number of hydrogen-bond donors (Lipinski definition) is 1. The van der Waals surface area contributed by atoms with Crippen LogP contribution in [0.2, 0.25) is 0 Å². The van der Waals surface area contributed by atoms with Crippen molar-refractivity contribution in [2.75, 3.05) is 27.7 Å². The lowest BCUT2D eigenvalue weighted by Gasteiger charge is -2.41. The molecule has 0 unspecified atom stereocenters. The Morgan fingerprint density at radius 3 is 2.95 bits per heavy atom. The zero-order valence-electron chi connectivity index (χ0n) is 14.0. The molecule has 3 nitrogen and oxygen atoms in total. The highest BCUT2D eigenvalue weighted by atomic mass is 16.5. The van der Waals surface area contributed by atoms with Gasteiger partial charge in [0.15, 0.2) is 0 Å². The van der Waals surface area contributed by atoms with Gasteiger partial charge in [-0.25, -0.2) is 0 Å². The maximum atomic E-state index is 11.3. The summed E-state index contributed by atoms with van der Waals surface area (Å²) in [7, 11) is 5.04. The molecule has 1 saturated carbocycles. The molecule has 0 aromatic heterocycles. The average Bonchev–Trinajstić information content (AvgIpc) is 2.47. The molecule has 0 bridgehead atoms. The normalized spacial score (nSPS) is 29.8. The molecule has 106 valence electrons. The van der Waals surface area contributed by atoms with Crippen molar-refractivity contribution >= 4 is 0 Å². The largest absolute Gasteiger partial charge is 0.497 e. The van der Waals surface area contributed by atoms with Crippen LogP contribution < -0.4 is 4.74 Å². The molecule has 1 aliphatic rings. The summed E-state index contributed by atoms with van der Waals surface area (Å²) >= 11 is 0. The number of nitrogens with zero attached hydrogens (tertiary/aromatic N) is 1. The van der Waals surface area contributed by atoms with Gasteiger partial charge in [-0.2, -0.15) is 0 Å². The summed E-state index contributed by atoms with van der Waals surface area (Å²) in [5.41, 5.74) is -0.405. The average molecular weight is 265 g/mol. The highest BCUT2D eigenvalue weighted by molar-refractivity contribution is 5.33. The molecule has 0 aliphatic heterocycles. The molecule has 1 aromatic rings. The summed E-state index contributed by atoms with van der Waals surface area (Å²) in [6.07, 6.45) is 3.12. The first-order valence-electron chi connectivity index (χ1n) is 7.86. The van der Waals surface area contributed by atoms with Crippen molar-refractivity contribution in [3.63, 3.8) is 0 Å². The first kappa shape index (κ1) is 11.7. The Morgan fingerprint density at radius 2 is 2.26 bits per heavy atom. The van der Waals surface area contributed by atoms with Crippen LogP contribution in [0.4, 0.5) is 0 Å². The second-order valence-electron chi connectivity index (χ2n) is 5.48. The summed E-state index contributed by atoms with van der Waals surface area (Å²) in [6, 6.07) is 7.38. The fraction of sp³-hybridized carbons (Fsp3) is 0.625. The number of aliphatic hydroxyl groups is 1. The van der Waals surface area contributed by atoms with E-state index in [-0.39, 0.29) is 0 Å². The number of hydrogen-bond acceptors (Lipinski definition) is 3. The zero-order valence-corrected chi connectivity index (χ0v) is 12.0. The van der Waals surface area contributed by atoms with Crippen molar-refractivity contribution in [1.29, 1.82) is 0 Å². The Bertz CT molecular complexity index is 493. The van der Waals surface area contributed by atoms with Crippen molar-refractivity contribution in [1.82, 2.24) is 4.90 Å². The third-order valence-electron chi connectivity index (χ3n) is 3.86. The molecule has 0 amide bonds. The number of rotatable bonds is 4. The molecule has 2 rings (SSSR count). The van der Waals surface area contributed by atoms with Gasteiger partial charge in [0, 0.05) is 15.2 Å². The Kier molecular flexibility index (Phi) is 3.66. The molecule has 1 N–H and O–H groups in total. The summed E-state index contributed by atoms with van der Waals surface area (Å²) in [4.78, 5) is 1.56. The van der Waals surface area contributed by atoms with Crippen molar-refractivity contribution in [3.8, 4) is 5.75 Å². The molecule has 3 heteroatoms. The molecule has 2 atom stereocenters.